The van der Waals surface area contributed by atoms with E-state index in [0.717, 1.165) is 18.4 Å². The smallest absolute Gasteiger partial charge is 0.313 e. The van der Waals surface area contributed by atoms with Crippen LogP contribution >= 0.6 is 11.6 Å². The summed E-state index contributed by atoms with van der Waals surface area (Å²) in [6, 6.07) is 14.3. The van der Waals surface area contributed by atoms with Crippen LogP contribution in [0.4, 0.5) is 5.69 Å². The lowest BCUT2D eigenvalue weighted by Crippen LogP contribution is -2.45. The van der Waals surface area contributed by atoms with Gasteiger partial charge in [-0.2, -0.15) is 0 Å². The van der Waals surface area contributed by atoms with Gasteiger partial charge in [0.05, 0.1) is 6.54 Å². The van der Waals surface area contributed by atoms with Gasteiger partial charge in [-0.15, -0.1) is 0 Å². The molecule has 0 unspecified atom stereocenters. The topological polar surface area (TPSA) is 78.4 Å². The van der Waals surface area contributed by atoms with Gasteiger partial charge in [0.15, 0.2) is 0 Å². The fraction of sp³-hybridized carbons (Fsp3) is 0.300. The zero-order valence-electron chi connectivity index (χ0n) is 14.5. The highest BCUT2D eigenvalue weighted by atomic mass is 35.5. The van der Waals surface area contributed by atoms with Gasteiger partial charge in [0, 0.05) is 10.7 Å². The van der Waals surface area contributed by atoms with Crippen LogP contribution in [-0.2, 0) is 15.2 Å². The van der Waals surface area contributed by atoms with Crippen LogP contribution < -0.4 is 10.6 Å². The molecular weight excluding hydrogens is 352 g/mol. The minimum Gasteiger partial charge on any atom is -0.383 e. The van der Waals surface area contributed by atoms with Crippen molar-refractivity contribution in [2.45, 2.75) is 25.4 Å². The minimum atomic E-state index is -1.16. The van der Waals surface area contributed by atoms with E-state index in [-0.39, 0.29) is 12.5 Å². The number of benzene rings is 2. The van der Waals surface area contributed by atoms with Gasteiger partial charge in [-0.1, -0.05) is 48.0 Å². The van der Waals surface area contributed by atoms with Crippen LogP contribution in [0.5, 0.6) is 0 Å². The Morgan fingerprint density at radius 1 is 1.12 bits per heavy atom. The third-order valence-electron chi connectivity index (χ3n) is 4.77. The van der Waals surface area contributed by atoms with Gasteiger partial charge in [0.2, 0.25) is 0 Å². The summed E-state index contributed by atoms with van der Waals surface area (Å²) in [6.45, 7) is 1.75. The molecule has 0 radical (unpaired) electrons. The van der Waals surface area contributed by atoms with Crippen molar-refractivity contribution in [1.29, 1.82) is 0 Å². The number of nitrogens with one attached hydrogen (secondary N) is 2. The van der Waals surface area contributed by atoms with Gasteiger partial charge >= 0.3 is 11.8 Å². The molecule has 1 saturated carbocycles. The first-order valence-corrected chi connectivity index (χ1v) is 8.92. The summed E-state index contributed by atoms with van der Waals surface area (Å²) in [4.78, 5) is 24.4. The molecule has 2 amide bonds. The fourth-order valence-electron chi connectivity index (χ4n) is 2.99. The van der Waals surface area contributed by atoms with E-state index in [0.29, 0.717) is 16.3 Å². The molecule has 3 rings (SSSR count). The first-order chi connectivity index (χ1) is 12.4. The number of carbonyl (C=O) groups is 2. The molecule has 3 N–H and O–H groups in total. The van der Waals surface area contributed by atoms with Crippen molar-refractivity contribution in [3.63, 3.8) is 0 Å². The lowest BCUT2D eigenvalue weighted by atomic mass is 9.88. The Hall–Kier alpha value is -2.37. The molecule has 1 atom stereocenters. The van der Waals surface area contributed by atoms with E-state index >= 15 is 0 Å². The number of hydrogen-bond acceptors (Lipinski definition) is 3. The number of anilines is 1. The van der Waals surface area contributed by atoms with Crippen LogP contribution in [0.1, 0.15) is 24.0 Å². The molecule has 0 heterocycles. The second-order valence-electron chi connectivity index (χ2n) is 6.61. The minimum absolute atomic E-state index is 0.0114. The van der Waals surface area contributed by atoms with Crippen LogP contribution in [0.25, 0.3) is 0 Å². The van der Waals surface area contributed by atoms with E-state index < -0.39 is 17.4 Å². The number of amides is 2. The second kappa shape index (κ2) is 7.48. The molecule has 136 valence electrons. The van der Waals surface area contributed by atoms with Gasteiger partial charge < -0.3 is 15.7 Å². The van der Waals surface area contributed by atoms with Crippen LogP contribution in [0.3, 0.4) is 0 Å². The maximum absolute atomic E-state index is 12.2. The highest BCUT2D eigenvalue weighted by Crippen LogP contribution is 2.45. The van der Waals surface area contributed by atoms with Crippen molar-refractivity contribution >= 4 is 29.1 Å². The molecule has 5 nitrogen and oxygen atoms in total. The summed E-state index contributed by atoms with van der Waals surface area (Å²) >= 11 is 6.02. The normalized spacial score (nSPS) is 15.8. The number of carbonyl (C=O) groups excluding carboxylic acids is 2. The average Bonchev–Trinajstić information content (AvgIpc) is 3.49. The highest BCUT2D eigenvalue weighted by molar-refractivity contribution is 6.40. The molecular formula is C20H21ClN2O3. The van der Waals surface area contributed by atoms with E-state index in [4.69, 9.17) is 11.6 Å². The summed E-state index contributed by atoms with van der Waals surface area (Å²) in [5.74, 6) is -1.50. The zero-order chi connectivity index (χ0) is 18.7. The summed E-state index contributed by atoms with van der Waals surface area (Å²) in [7, 11) is 0. The van der Waals surface area contributed by atoms with Gasteiger partial charge in [-0.25, -0.2) is 0 Å². The third-order valence-corrected chi connectivity index (χ3v) is 5.18. The van der Waals surface area contributed by atoms with Crippen LogP contribution in [0.15, 0.2) is 48.5 Å². The Bertz CT molecular complexity index is 821. The Labute approximate surface area is 157 Å². The average molecular weight is 373 g/mol. The molecule has 2 aromatic rings. The Kier molecular flexibility index (Phi) is 5.30. The van der Waals surface area contributed by atoms with E-state index in [2.05, 4.69) is 10.6 Å². The van der Waals surface area contributed by atoms with Crippen molar-refractivity contribution in [2.75, 3.05) is 11.9 Å². The number of aliphatic hydroxyl groups is 1. The number of hydrogen-bond donors (Lipinski definition) is 3. The summed E-state index contributed by atoms with van der Waals surface area (Å²) in [5, 5.41) is 16.7. The molecule has 0 spiro atoms. The van der Waals surface area contributed by atoms with E-state index in [1.54, 1.807) is 25.1 Å². The van der Waals surface area contributed by atoms with Crippen molar-refractivity contribution in [1.82, 2.24) is 5.32 Å². The molecule has 2 aromatic carbocycles. The first-order valence-electron chi connectivity index (χ1n) is 8.54. The molecule has 0 aromatic heterocycles. The second-order valence-corrected chi connectivity index (χ2v) is 7.02. The quantitative estimate of drug-likeness (QED) is 0.706. The predicted molar refractivity (Wildman–Crippen MR) is 101 cm³/mol. The van der Waals surface area contributed by atoms with E-state index in [9.17, 15) is 14.7 Å². The van der Waals surface area contributed by atoms with Crippen molar-refractivity contribution in [2.24, 2.45) is 5.92 Å². The number of rotatable bonds is 5. The molecule has 26 heavy (non-hydrogen) atoms. The SMILES string of the molecule is Cc1c(Cl)cccc1NC(=O)C(=O)NC[C@@](O)(c1ccccc1)C1CC1. The zero-order valence-corrected chi connectivity index (χ0v) is 15.2. The summed E-state index contributed by atoms with van der Waals surface area (Å²) in [5.41, 5.74) is 0.754. The monoisotopic (exact) mass is 372 g/mol. The molecule has 1 fully saturated rings. The maximum atomic E-state index is 12.2. The van der Waals surface area contributed by atoms with Crippen molar-refractivity contribution < 1.29 is 14.7 Å². The first kappa shape index (κ1) is 18.4. The molecule has 0 bridgehead atoms. The van der Waals surface area contributed by atoms with Gasteiger partial charge in [-0.3, -0.25) is 9.59 Å². The fourth-order valence-corrected chi connectivity index (χ4v) is 3.16. The van der Waals surface area contributed by atoms with Gasteiger partial charge in [-0.05, 0) is 48.9 Å². The Morgan fingerprint density at radius 3 is 2.46 bits per heavy atom. The molecule has 6 heteroatoms. The van der Waals surface area contributed by atoms with Crippen molar-refractivity contribution in [3.05, 3.63) is 64.7 Å². The third kappa shape index (κ3) is 3.89. The van der Waals surface area contributed by atoms with Crippen LogP contribution in [-0.4, -0.2) is 23.5 Å². The molecule has 1 aliphatic carbocycles. The van der Waals surface area contributed by atoms with Gasteiger partial charge in [0.1, 0.15) is 5.60 Å². The lowest BCUT2D eigenvalue weighted by Gasteiger charge is -2.29. The number of halogens is 1. The standard InChI is InChI=1S/C20H21ClN2O3/c1-13-16(21)8-5-9-17(13)23-19(25)18(24)22-12-20(26,15-10-11-15)14-6-3-2-4-7-14/h2-9,15,26H,10-12H2,1H3,(H,22,24)(H,23,25)/t20-/m1/s1. The molecule has 1 aliphatic rings. The summed E-state index contributed by atoms with van der Waals surface area (Å²) in [6.07, 6.45) is 1.80. The predicted octanol–water partition coefficient (Wildman–Crippen LogP) is 3.00. The molecule has 0 aliphatic heterocycles. The van der Waals surface area contributed by atoms with Gasteiger partial charge in [0.25, 0.3) is 0 Å². The van der Waals surface area contributed by atoms with Crippen LogP contribution in [0, 0.1) is 12.8 Å². The maximum Gasteiger partial charge on any atom is 0.313 e. The molecule has 0 saturated heterocycles. The summed E-state index contributed by atoms with van der Waals surface area (Å²) < 4.78 is 0. The van der Waals surface area contributed by atoms with Crippen molar-refractivity contribution in [3.8, 4) is 0 Å². The van der Waals surface area contributed by atoms with Crippen LogP contribution in [0.2, 0.25) is 5.02 Å². The Balaban J connectivity index is 1.65. The Morgan fingerprint density at radius 2 is 1.81 bits per heavy atom. The lowest BCUT2D eigenvalue weighted by molar-refractivity contribution is -0.137. The highest BCUT2D eigenvalue weighted by Gasteiger charge is 2.45. The van der Waals surface area contributed by atoms with E-state index in [1.807, 2.05) is 30.3 Å². The van der Waals surface area contributed by atoms with E-state index in [1.165, 1.54) is 0 Å². The largest absolute Gasteiger partial charge is 0.383 e.